The van der Waals surface area contributed by atoms with E-state index in [-0.39, 0.29) is 5.91 Å². The van der Waals surface area contributed by atoms with E-state index in [9.17, 15) is 4.79 Å². The number of carbonyl (C=O) groups excluding carboxylic acids is 1. The number of hydrogen-bond acceptors (Lipinski definition) is 2. The second-order valence-electron chi connectivity index (χ2n) is 4.52. The maximum Gasteiger partial charge on any atom is 0.224 e. The second kappa shape index (κ2) is 5.71. The molecule has 2 rings (SSSR count). The summed E-state index contributed by atoms with van der Waals surface area (Å²) in [5, 5.41) is 6.38. The van der Waals surface area contributed by atoms with E-state index in [1.54, 1.807) is 0 Å². The number of unbranched alkanes of at least 4 members (excludes halogenated alkanes) is 1. The molecule has 0 unspecified atom stereocenters. The van der Waals surface area contributed by atoms with Crippen molar-refractivity contribution in [1.82, 2.24) is 0 Å². The van der Waals surface area contributed by atoms with Crippen molar-refractivity contribution in [3.05, 3.63) is 23.8 Å². The molecule has 2 N–H and O–H groups in total. The monoisotopic (exact) mass is 232 g/mol. The van der Waals surface area contributed by atoms with Gasteiger partial charge in [0.2, 0.25) is 5.91 Å². The van der Waals surface area contributed by atoms with Crippen molar-refractivity contribution >= 4 is 17.3 Å². The zero-order valence-electron chi connectivity index (χ0n) is 10.4. The number of aryl methyl sites for hydroxylation is 1. The summed E-state index contributed by atoms with van der Waals surface area (Å²) in [4.78, 5) is 11.7. The first-order valence-electron chi connectivity index (χ1n) is 6.47. The van der Waals surface area contributed by atoms with Crippen molar-refractivity contribution in [2.24, 2.45) is 0 Å². The molecule has 0 radical (unpaired) electrons. The van der Waals surface area contributed by atoms with Crippen LogP contribution in [0.15, 0.2) is 18.2 Å². The smallest absolute Gasteiger partial charge is 0.224 e. The van der Waals surface area contributed by atoms with E-state index in [1.165, 1.54) is 12.0 Å². The van der Waals surface area contributed by atoms with Crippen LogP contribution in [0.25, 0.3) is 0 Å². The van der Waals surface area contributed by atoms with Crippen molar-refractivity contribution < 1.29 is 4.79 Å². The fraction of sp³-hybridized carbons (Fsp3) is 0.500. The molecule has 1 amide bonds. The highest BCUT2D eigenvalue weighted by atomic mass is 16.1. The molecule has 0 atom stereocenters. The Morgan fingerprint density at radius 1 is 1.47 bits per heavy atom. The number of rotatable bonds is 4. The van der Waals surface area contributed by atoms with E-state index in [0.717, 1.165) is 37.2 Å². The predicted molar refractivity (Wildman–Crippen MR) is 71.4 cm³/mol. The average molecular weight is 232 g/mol. The van der Waals surface area contributed by atoms with Crippen molar-refractivity contribution in [3.8, 4) is 0 Å². The summed E-state index contributed by atoms with van der Waals surface area (Å²) in [6.07, 6.45) is 4.88. The fourth-order valence-corrected chi connectivity index (χ4v) is 2.16. The van der Waals surface area contributed by atoms with Gasteiger partial charge in [0.1, 0.15) is 0 Å². The van der Waals surface area contributed by atoms with Crippen LogP contribution in [0.3, 0.4) is 0 Å². The van der Waals surface area contributed by atoms with Crippen molar-refractivity contribution in [1.29, 1.82) is 0 Å². The number of nitrogens with one attached hydrogen (secondary N) is 2. The first-order chi connectivity index (χ1) is 8.31. The Kier molecular flexibility index (Phi) is 4.02. The van der Waals surface area contributed by atoms with E-state index < -0.39 is 0 Å². The molecule has 3 heteroatoms. The van der Waals surface area contributed by atoms with Gasteiger partial charge in [-0.15, -0.1) is 0 Å². The molecule has 1 aliphatic heterocycles. The SMILES string of the molecule is CCCCC(=O)Nc1cccc2c1NCCC2. The predicted octanol–water partition coefficient (Wildman–Crippen LogP) is 3.17. The molecule has 0 fully saturated rings. The van der Waals surface area contributed by atoms with Gasteiger partial charge in [-0.25, -0.2) is 0 Å². The molecule has 3 nitrogen and oxygen atoms in total. The van der Waals surface area contributed by atoms with Crippen LogP contribution in [0.2, 0.25) is 0 Å². The molecule has 92 valence electrons. The van der Waals surface area contributed by atoms with E-state index in [2.05, 4.69) is 23.6 Å². The normalized spacial score (nSPS) is 13.7. The first-order valence-corrected chi connectivity index (χ1v) is 6.47. The highest BCUT2D eigenvalue weighted by Gasteiger charge is 2.13. The highest BCUT2D eigenvalue weighted by molar-refractivity contribution is 5.94. The van der Waals surface area contributed by atoms with E-state index in [4.69, 9.17) is 0 Å². The molecule has 17 heavy (non-hydrogen) atoms. The molecule has 0 bridgehead atoms. The average Bonchev–Trinajstić information content (AvgIpc) is 2.37. The van der Waals surface area contributed by atoms with Crippen LogP contribution in [-0.4, -0.2) is 12.5 Å². The Labute approximate surface area is 103 Å². The molecule has 0 saturated carbocycles. The zero-order chi connectivity index (χ0) is 12.1. The molecule has 1 heterocycles. The van der Waals surface area contributed by atoms with Gasteiger partial charge in [0, 0.05) is 13.0 Å². The van der Waals surface area contributed by atoms with E-state index in [0.29, 0.717) is 6.42 Å². The number of benzene rings is 1. The van der Waals surface area contributed by atoms with Crippen LogP contribution >= 0.6 is 0 Å². The van der Waals surface area contributed by atoms with Crippen LogP contribution in [0.1, 0.15) is 38.2 Å². The topological polar surface area (TPSA) is 41.1 Å². The van der Waals surface area contributed by atoms with E-state index in [1.807, 2.05) is 12.1 Å². The molecular formula is C14H20N2O. The molecular weight excluding hydrogens is 212 g/mol. The first kappa shape index (κ1) is 12.0. The summed E-state index contributed by atoms with van der Waals surface area (Å²) in [7, 11) is 0. The number of carbonyl (C=O) groups is 1. The van der Waals surface area contributed by atoms with Gasteiger partial charge in [0.25, 0.3) is 0 Å². The van der Waals surface area contributed by atoms with Crippen LogP contribution in [0.4, 0.5) is 11.4 Å². The zero-order valence-corrected chi connectivity index (χ0v) is 10.4. The minimum atomic E-state index is 0.118. The van der Waals surface area contributed by atoms with Gasteiger partial charge in [0.05, 0.1) is 11.4 Å². The van der Waals surface area contributed by atoms with Crippen LogP contribution in [-0.2, 0) is 11.2 Å². The maximum atomic E-state index is 11.7. The third-order valence-electron chi connectivity index (χ3n) is 3.11. The number of hydrogen-bond donors (Lipinski definition) is 2. The quantitative estimate of drug-likeness (QED) is 0.837. The molecule has 0 spiro atoms. The van der Waals surface area contributed by atoms with Gasteiger partial charge in [-0.05, 0) is 30.9 Å². The minimum Gasteiger partial charge on any atom is -0.383 e. The summed E-state index contributed by atoms with van der Waals surface area (Å²) in [6, 6.07) is 6.12. The minimum absolute atomic E-state index is 0.118. The Balaban J connectivity index is 2.08. The third-order valence-corrected chi connectivity index (χ3v) is 3.11. The van der Waals surface area contributed by atoms with Gasteiger partial charge in [-0.1, -0.05) is 25.5 Å². The standard InChI is InChI=1S/C14H20N2O/c1-2-3-9-13(17)16-12-8-4-6-11-7-5-10-15-14(11)12/h4,6,8,15H,2-3,5,7,9-10H2,1H3,(H,16,17). The summed E-state index contributed by atoms with van der Waals surface area (Å²) >= 11 is 0. The molecule has 1 aliphatic rings. The van der Waals surface area contributed by atoms with Gasteiger partial charge in [0.15, 0.2) is 0 Å². The summed E-state index contributed by atoms with van der Waals surface area (Å²) in [5.74, 6) is 0.118. The number of para-hydroxylation sites is 1. The lowest BCUT2D eigenvalue weighted by Gasteiger charge is -2.21. The summed E-state index contributed by atoms with van der Waals surface area (Å²) in [5.41, 5.74) is 3.36. The Morgan fingerprint density at radius 3 is 3.18 bits per heavy atom. The fourth-order valence-electron chi connectivity index (χ4n) is 2.16. The van der Waals surface area contributed by atoms with Crippen molar-refractivity contribution in [3.63, 3.8) is 0 Å². The third kappa shape index (κ3) is 2.99. The number of anilines is 2. The second-order valence-corrected chi connectivity index (χ2v) is 4.52. The van der Waals surface area contributed by atoms with Gasteiger partial charge in [-0.3, -0.25) is 4.79 Å². The largest absolute Gasteiger partial charge is 0.383 e. The molecule has 1 aromatic carbocycles. The van der Waals surface area contributed by atoms with Crippen molar-refractivity contribution in [2.75, 3.05) is 17.2 Å². The Bertz CT molecular complexity index is 401. The van der Waals surface area contributed by atoms with Gasteiger partial charge < -0.3 is 10.6 Å². The van der Waals surface area contributed by atoms with Crippen molar-refractivity contribution in [2.45, 2.75) is 39.0 Å². The van der Waals surface area contributed by atoms with Gasteiger partial charge in [-0.2, -0.15) is 0 Å². The lowest BCUT2D eigenvalue weighted by atomic mass is 10.0. The van der Waals surface area contributed by atoms with Gasteiger partial charge >= 0.3 is 0 Å². The maximum absolute atomic E-state index is 11.7. The Hall–Kier alpha value is -1.51. The number of fused-ring (bicyclic) bond motifs is 1. The number of amides is 1. The summed E-state index contributed by atoms with van der Waals surface area (Å²) < 4.78 is 0. The van der Waals surface area contributed by atoms with Crippen LogP contribution in [0.5, 0.6) is 0 Å². The highest BCUT2D eigenvalue weighted by Crippen LogP contribution is 2.30. The molecule has 1 aromatic rings. The Morgan fingerprint density at radius 2 is 2.35 bits per heavy atom. The lowest BCUT2D eigenvalue weighted by molar-refractivity contribution is -0.116. The lowest BCUT2D eigenvalue weighted by Crippen LogP contribution is -2.17. The van der Waals surface area contributed by atoms with Crippen LogP contribution in [0, 0.1) is 0 Å². The molecule has 0 aromatic heterocycles. The van der Waals surface area contributed by atoms with E-state index >= 15 is 0 Å². The molecule has 0 aliphatic carbocycles. The van der Waals surface area contributed by atoms with Crippen LogP contribution < -0.4 is 10.6 Å². The summed E-state index contributed by atoms with van der Waals surface area (Å²) in [6.45, 7) is 3.09. The molecule has 0 saturated heterocycles.